The number of methoxy groups -OCH3 is 1. The Balaban J connectivity index is 3.07. The minimum atomic E-state index is -0.821. The second-order valence-electron chi connectivity index (χ2n) is 3.82. The largest absolute Gasteiger partial charge is 0.495 e. The van der Waals surface area contributed by atoms with E-state index in [9.17, 15) is 4.79 Å². The molecule has 0 heterocycles. The summed E-state index contributed by atoms with van der Waals surface area (Å²) in [6.07, 6.45) is 0.414. The fourth-order valence-corrected chi connectivity index (χ4v) is 1.86. The van der Waals surface area contributed by atoms with E-state index >= 15 is 0 Å². The van der Waals surface area contributed by atoms with Crippen LogP contribution in [0.3, 0.4) is 0 Å². The third-order valence-electron chi connectivity index (χ3n) is 2.59. The Kier molecular flexibility index (Phi) is 4.19. The molecule has 0 amide bonds. The zero-order chi connectivity index (χ0) is 12.3. The third-order valence-corrected chi connectivity index (χ3v) is 3.01. The SMILES string of the molecule is COc1ccc(C)c(CC(C)C(=O)O)c1Cl. The van der Waals surface area contributed by atoms with E-state index in [1.165, 1.54) is 0 Å². The van der Waals surface area contributed by atoms with Crippen LogP contribution in [-0.4, -0.2) is 18.2 Å². The number of carboxylic acid groups (broad SMARTS) is 1. The zero-order valence-electron chi connectivity index (χ0n) is 9.58. The highest BCUT2D eigenvalue weighted by Crippen LogP contribution is 2.32. The molecule has 0 saturated carbocycles. The highest BCUT2D eigenvalue weighted by atomic mass is 35.5. The van der Waals surface area contributed by atoms with E-state index in [2.05, 4.69) is 0 Å². The second kappa shape index (κ2) is 5.21. The number of halogens is 1. The van der Waals surface area contributed by atoms with Crippen LogP contribution in [0.25, 0.3) is 0 Å². The van der Waals surface area contributed by atoms with Gasteiger partial charge in [0.2, 0.25) is 0 Å². The fraction of sp³-hybridized carbons (Fsp3) is 0.417. The molecule has 1 aromatic carbocycles. The maximum Gasteiger partial charge on any atom is 0.306 e. The van der Waals surface area contributed by atoms with E-state index in [0.717, 1.165) is 11.1 Å². The van der Waals surface area contributed by atoms with E-state index in [0.29, 0.717) is 17.2 Å². The molecular formula is C12H15ClO3. The number of ether oxygens (including phenoxy) is 1. The van der Waals surface area contributed by atoms with Crippen molar-refractivity contribution in [3.8, 4) is 5.75 Å². The Morgan fingerprint density at radius 3 is 2.69 bits per heavy atom. The van der Waals surface area contributed by atoms with Gasteiger partial charge in [0, 0.05) is 0 Å². The molecule has 1 rings (SSSR count). The fourth-order valence-electron chi connectivity index (χ4n) is 1.50. The van der Waals surface area contributed by atoms with Crippen LogP contribution in [0.4, 0.5) is 0 Å². The Hall–Kier alpha value is -1.22. The minimum absolute atomic E-state index is 0.414. The van der Waals surface area contributed by atoms with E-state index in [1.54, 1.807) is 20.1 Å². The Bertz CT molecular complexity index is 401. The van der Waals surface area contributed by atoms with E-state index in [4.69, 9.17) is 21.4 Å². The first kappa shape index (κ1) is 12.8. The first-order valence-electron chi connectivity index (χ1n) is 5.02. The predicted molar refractivity (Wildman–Crippen MR) is 63.2 cm³/mol. The average Bonchev–Trinajstić information content (AvgIpc) is 2.24. The highest BCUT2D eigenvalue weighted by Gasteiger charge is 2.17. The van der Waals surface area contributed by atoms with Gasteiger partial charge >= 0.3 is 5.97 Å². The number of aryl methyl sites for hydroxylation is 1. The summed E-state index contributed by atoms with van der Waals surface area (Å²) in [6.45, 7) is 3.58. The molecule has 0 aliphatic carbocycles. The van der Waals surface area contributed by atoms with Crippen LogP contribution in [0.2, 0.25) is 5.02 Å². The van der Waals surface area contributed by atoms with E-state index in [-0.39, 0.29) is 0 Å². The minimum Gasteiger partial charge on any atom is -0.495 e. The molecule has 0 aliphatic rings. The predicted octanol–water partition coefficient (Wildman–Crippen LogP) is 2.92. The molecule has 3 nitrogen and oxygen atoms in total. The van der Waals surface area contributed by atoms with Gasteiger partial charge in [0.1, 0.15) is 5.75 Å². The van der Waals surface area contributed by atoms with Crippen molar-refractivity contribution in [1.29, 1.82) is 0 Å². The van der Waals surface area contributed by atoms with Crippen LogP contribution >= 0.6 is 11.6 Å². The monoisotopic (exact) mass is 242 g/mol. The summed E-state index contributed by atoms with van der Waals surface area (Å²) in [5.41, 5.74) is 1.83. The van der Waals surface area contributed by atoms with Gasteiger partial charge in [-0.2, -0.15) is 0 Å². The Morgan fingerprint density at radius 1 is 1.56 bits per heavy atom. The van der Waals surface area contributed by atoms with Crippen molar-refractivity contribution in [3.05, 3.63) is 28.3 Å². The summed E-state index contributed by atoms with van der Waals surface area (Å²) in [6, 6.07) is 3.67. The van der Waals surface area contributed by atoms with Gasteiger partial charge < -0.3 is 9.84 Å². The van der Waals surface area contributed by atoms with Gasteiger partial charge in [-0.1, -0.05) is 24.6 Å². The van der Waals surface area contributed by atoms with Crippen LogP contribution in [-0.2, 0) is 11.2 Å². The topological polar surface area (TPSA) is 46.5 Å². The summed E-state index contributed by atoms with van der Waals surface area (Å²) in [7, 11) is 1.54. The van der Waals surface area contributed by atoms with E-state index in [1.807, 2.05) is 13.0 Å². The Morgan fingerprint density at radius 2 is 2.19 bits per heavy atom. The van der Waals surface area contributed by atoms with Crippen molar-refractivity contribution in [1.82, 2.24) is 0 Å². The molecule has 1 unspecified atom stereocenters. The lowest BCUT2D eigenvalue weighted by Crippen LogP contribution is -2.13. The van der Waals surface area contributed by atoms with Gasteiger partial charge in [-0.25, -0.2) is 0 Å². The number of carboxylic acids is 1. The molecule has 4 heteroatoms. The van der Waals surface area contributed by atoms with Crippen LogP contribution < -0.4 is 4.74 Å². The second-order valence-corrected chi connectivity index (χ2v) is 4.20. The van der Waals surface area contributed by atoms with Crippen molar-refractivity contribution >= 4 is 17.6 Å². The smallest absolute Gasteiger partial charge is 0.306 e. The molecule has 0 bridgehead atoms. The molecule has 0 saturated heterocycles. The molecule has 0 radical (unpaired) electrons. The van der Waals surface area contributed by atoms with Crippen molar-refractivity contribution < 1.29 is 14.6 Å². The summed E-state index contributed by atoms with van der Waals surface area (Å²) in [5.74, 6) is -0.693. The number of hydrogen-bond acceptors (Lipinski definition) is 2. The molecule has 0 aromatic heterocycles. The van der Waals surface area contributed by atoms with Crippen molar-refractivity contribution in [3.63, 3.8) is 0 Å². The third kappa shape index (κ3) is 2.67. The maximum atomic E-state index is 10.8. The van der Waals surface area contributed by atoms with E-state index < -0.39 is 11.9 Å². The quantitative estimate of drug-likeness (QED) is 0.883. The van der Waals surface area contributed by atoms with Crippen LogP contribution in [0.5, 0.6) is 5.75 Å². The highest BCUT2D eigenvalue weighted by molar-refractivity contribution is 6.33. The molecule has 1 aromatic rings. The summed E-state index contributed by atoms with van der Waals surface area (Å²) < 4.78 is 5.10. The lowest BCUT2D eigenvalue weighted by molar-refractivity contribution is -0.141. The molecule has 1 N–H and O–H groups in total. The van der Waals surface area contributed by atoms with Gasteiger partial charge in [-0.3, -0.25) is 4.79 Å². The maximum absolute atomic E-state index is 10.8. The summed E-state index contributed by atoms with van der Waals surface area (Å²) >= 11 is 6.15. The molecule has 0 aliphatic heterocycles. The first-order valence-corrected chi connectivity index (χ1v) is 5.40. The van der Waals surface area contributed by atoms with Crippen LogP contribution in [0.1, 0.15) is 18.1 Å². The van der Waals surface area contributed by atoms with Gasteiger partial charge in [-0.05, 0) is 30.5 Å². The van der Waals surface area contributed by atoms with Crippen LogP contribution in [0.15, 0.2) is 12.1 Å². The number of hydrogen-bond donors (Lipinski definition) is 1. The van der Waals surface area contributed by atoms with Crippen molar-refractivity contribution in [2.24, 2.45) is 5.92 Å². The van der Waals surface area contributed by atoms with Crippen molar-refractivity contribution in [2.45, 2.75) is 20.3 Å². The normalized spacial score (nSPS) is 12.2. The zero-order valence-corrected chi connectivity index (χ0v) is 10.3. The van der Waals surface area contributed by atoms with Gasteiger partial charge in [0.05, 0.1) is 18.1 Å². The standard InChI is InChI=1S/C12H15ClO3/c1-7-4-5-10(16-3)11(13)9(7)6-8(2)12(14)15/h4-5,8H,6H2,1-3H3,(H,14,15). The average molecular weight is 243 g/mol. The Labute approximate surface area is 100.0 Å². The van der Waals surface area contributed by atoms with Gasteiger partial charge in [-0.15, -0.1) is 0 Å². The molecule has 0 fully saturated rings. The summed E-state index contributed by atoms with van der Waals surface area (Å²) in [4.78, 5) is 10.8. The first-order chi connectivity index (χ1) is 7.47. The molecular weight excluding hydrogens is 228 g/mol. The molecule has 0 spiro atoms. The molecule has 1 atom stereocenters. The number of rotatable bonds is 4. The molecule has 16 heavy (non-hydrogen) atoms. The van der Waals surface area contributed by atoms with Crippen molar-refractivity contribution in [2.75, 3.05) is 7.11 Å². The summed E-state index contributed by atoms with van der Waals surface area (Å²) in [5, 5.41) is 9.39. The number of aliphatic carboxylic acids is 1. The lowest BCUT2D eigenvalue weighted by atomic mass is 9.97. The number of carbonyl (C=O) groups is 1. The molecule has 88 valence electrons. The number of benzene rings is 1. The van der Waals surface area contributed by atoms with Gasteiger partial charge in [0.25, 0.3) is 0 Å². The van der Waals surface area contributed by atoms with Gasteiger partial charge in [0.15, 0.2) is 0 Å². The van der Waals surface area contributed by atoms with Crippen LogP contribution in [0, 0.1) is 12.8 Å². The lowest BCUT2D eigenvalue weighted by Gasteiger charge is -2.13.